The summed E-state index contributed by atoms with van der Waals surface area (Å²) in [4.78, 5) is 31.3. The molecule has 0 aliphatic carbocycles. The number of aryl methyl sites for hydroxylation is 1. The summed E-state index contributed by atoms with van der Waals surface area (Å²) < 4.78 is 1.24. The van der Waals surface area contributed by atoms with Crippen molar-refractivity contribution >= 4 is 23.0 Å². The van der Waals surface area contributed by atoms with E-state index in [9.17, 15) is 4.79 Å². The lowest BCUT2D eigenvalue weighted by atomic mass is 10.2. The number of carbonyl (C=O) groups excluding carboxylic acids is 1. The Morgan fingerprint density at radius 1 is 1.23 bits per heavy atom. The van der Waals surface area contributed by atoms with Crippen LogP contribution in [0.4, 0.5) is 5.82 Å². The van der Waals surface area contributed by atoms with Gasteiger partial charge in [0.05, 0.1) is 17.5 Å². The topological polar surface area (TPSA) is 127 Å². The Labute approximate surface area is 147 Å². The number of fused-ring (bicyclic) bond motifs is 1. The van der Waals surface area contributed by atoms with E-state index in [-0.39, 0.29) is 5.82 Å². The van der Waals surface area contributed by atoms with Crippen LogP contribution in [0.2, 0.25) is 0 Å². The van der Waals surface area contributed by atoms with Gasteiger partial charge in [-0.2, -0.15) is 10.2 Å². The Morgan fingerprint density at radius 3 is 2.77 bits per heavy atom. The summed E-state index contributed by atoms with van der Waals surface area (Å²) in [6.45, 7) is 3.12. The first-order valence-electron chi connectivity index (χ1n) is 7.71. The van der Waals surface area contributed by atoms with Crippen molar-refractivity contribution < 1.29 is 9.63 Å². The lowest BCUT2D eigenvalue weighted by Crippen LogP contribution is -2.18. The summed E-state index contributed by atoms with van der Waals surface area (Å²) in [5.74, 6) is 0.536. The van der Waals surface area contributed by atoms with Crippen molar-refractivity contribution in [3.63, 3.8) is 0 Å². The summed E-state index contributed by atoms with van der Waals surface area (Å²) in [7, 11) is 0. The minimum Gasteiger partial charge on any atom is -0.383 e. The zero-order chi connectivity index (χ0) is 18.3. The second-order valence-electron chi connectivity index (χ2n) is 5.54. The number of hydrogen-bond acceptors (Lipinski definition) is 8. The van der Waals surface area contributed by atoms with Crippen molar-refractivity contribution in [1.29, 1.82) is 0 Å². The highest BCUT2D eigenvalue weighted by atomic mass is 16.7. The molecule has 2 N–H and O–H groups in total. The predicted octanol–water partition coefficient (Wildman–Crippen LogP) is 0.940. The number of nitrogens with zero attached hydrogens (tertiary/aromatic N) is 7. The third-order valence-corrected chi connectivity index (χ3v) is 3.56. The fourth-order valence-corrected chi connectivity index (χ4v) is 2.48. The van der Waals surface area contributed by atoms with Crippen molar-refractivity contribution in [2.24, 2.45) is 0 Å². The van der Waals surface area contributed by atoms with Gasteiger partial charge < -0.3 is 10.6 Å². The minimum atomic E-state index is -0.520. The molecule has 0 aliphatic rings. The maximum absolute atomic E-state index is 11.6. The SMILES string of the molecule is CC(=O)On1c(-c2cccnc2N)nc2ccc(-n3ncc(C)n3)nc21. The third-order valence-electron chi connectivity index (χ3n) is 3.56. The fraction of sp³-hybridized carbons (Fsp3) is 0.125. The van der Waals surface area contributed by atoms with Gasteiger partial charge in [0.25, 0.3) is 0 Å². The Morgan fingerprint density at radius 2 is 2.08 bits per heavy atom. The van der Waals surface area contributed by atoms with E-state index in [2.05, 4.69) is 25.1 Å². The minimum absolute atomic E-state index is 0.265. The first-order valence-corrected chi connectivity index (χ1v) is 7.71. The van der Waals surface area contributed by atoms with Crippen LogP contribution >= 0.6 is 0 Å². The average molecular weight is 350 g/mol. The van der Waals surface area contributed by atoms with Crippen LogP contribution in [0.15, 0.2) is 36.7 Å². The van der Waals surface area contributed by atoms with Gasteiger partial charge in [0.15, 0.2) is 17.3 Å². The number of nitrogen functional groups attached to an aromatic ring is 1. The van der Waals surface area contributed by atoms with Crippen LogP contribution < -0.4 is 10.6 Å². The Hall–Kier alpha value is -3.82. The molecule has 4 heterocycles. The van der Waals surface area contributed by atoms with Gasteiger partial charge in [-0.05, 0) is 31.2 Å². The number of imidazole rings is 1. The molecule has 0 atom stereocenters. The van der Waals surface area contributed by atoms with Crippen LogP contribution in [0.3, 0.4) is 0 Å². The molecule has 10 heteroatoms. The van der Waals surface area contributed by atoms with Gasteiger partial charge in [-0.15, -0.1) is 9.53 Å². The van der Waals surface area contributed by atoms with Crippen LogP contribution in [0.25, 0.3) is 28.4 Å². The number of rotatable bonds is 3. The van der Waals surface area contributed by atoms with Gasteiger partial charge in [-0.25, -0.2) is 19.7 Å². The Bertz CT molecular complexity index is 1130. The molecule has 0 spiro atoms. The van der Waals surface area contributed by atoms with E-state index in [0.29, 0.717) is 28.4 Å². The molecule has 0 amide bonds. The van der Waals surface area contributed by atoms with Crippen molar-refractivity contribution in [3.8, 4) is 17.2 Å². The van der Waals surface area contributed by atoms with Gasteiger partial charge in [0, 0.05) is 13.1 Å². The highest BCUT2D eigenvalue weighted by Crippen LogP contribution is 2.26. The molecule has 0 radical (unpaired) electrons. The Kier molecular flexibility index (Phi) is 3.57. The summed E-state index contributed by atoms with van der Waals surface area (Å²) >= 11 is 0. The quantitative estimate of drug-likeness (QED) is 0.578. The standard InChI is InChI=1S/C16H14N8O2/c1-9-8-19-24(22-9)13-6-5-12-16(21-13)23(26-10(2)25)15(20-12)11-4-3-7-18-14(11)17/h3-8H,1-2H3,(H2,17,18). The second-order valence-corrected chi connectivity index (χ2v) is 5.54. The van der Waals surface area contributed by atoms with E-state index < -0.39 is 5.97 Å². The van der Waals surface area contributed by atoms with Gasteiger partial charge in [-0.3, -0.25) is 0 Å². The average Bonchev–Trinajstić information content (AvgIpc) is 3.19. The maximum Gasteiger partial charge on any atom is 0.330 e. The van der Waals surface area contributed by atoms with E-state index >= 15 is 0 Å². The molecule has 0 bridgehead atoms. The lowest BCUT2D eigenvalue weighted by Gasteiger charge is -2.08. The first-order chi connectivity index (χ1) is 12.5. The predicted molar refractivity (Wildman–Crippen MR) is 92.1 cm³/mol. The van der Waals surface area contributed by atoms with Crippen molar-refractivity contribution in [2.75, 3.05) is 5.73 Å². The number of hydrogen-bond donors (Lipinski definition) is 1. The second kappa shape index (κ2) is 5.92. The third kappa shape index (κ3) is 2.62. The normalized spacial score (nSPS) is 11.0. The summed E-state index contributed by atoms with van der Waals surface area (Å²) in [6.07, 6.45) is 3.19. The number of pyridine rings is 2. The molecule has 0 saturated carbocycles. The molecule has 0 saturated heterocycles. The van der Waals surface area contributed by atoms with Crippen molar-refractivity contribution in [3.05, 3.63) is 42.4 Å². The Balaban J connectivity index is 1.95. The molecular formula is C16H14N8O2. The molecule has 0 aliphatic heterocycles. The molecule has 10 nitrogen and oxygen atoms in total. The van der Waals surface area contributed by atoms with Crippen molar-refractivity contribution in [2.45, 2.75) is 13.8 Å². The highest BCUT2D eigenvalue weighted by Gasteiger charge is 2.19. The van der Waals surface area contributed by atoms with Crippen LogP contribution in [0, 0.1) is 6.92 Å². The molecule has 26 heavy (non-hydrogen) atoms. The van der Waals surface area contributed by atoms with E-state index in [1.165, 1.54) is 16.5 Å². The first kappa shape index (κ1) is 15.7. The highest BCUT2D eigenvalue weighted by molar-refractivity contribution is 5.81. The van der Waals surface area contributed by atoms with E-state index in [1.54, 1.807) is 36.7 Å². The van der Waals surface area contributed by atoms with Gasteiger partial charge in [0.2, 0.25) is 0 Å². The van der Waals surface area contributed by atoms with E-state index in [1.807, 2.05) is 6.92 Å². The van der Waals surface area contributed by atoms with Gasteiger partial charge >= 0.3 is 5.97 Å². The largest absolute Gasteiger partial charge is 0.383 e. The molecule has 0 fully saturated rings. The van der Waals surface area contributed by atoms with Crippen LogP contribution in [0.1, 0.15) is 12.6 Å². The molecule has 0 unspecified atom stereocenters. The molecule has 130 valence electrons. The van der Waals surface area contributed by atoms with Crippen molar-refractivity contribution in [1.82, 2.24) is 34.7 Å². The summed E-state index contributed by atoms with van der Waals surface area (Å²) in [5, 5.41) is 8.37. The zero-order valence-electron chi connectivity index (χ0n) is 14.0. The van der Waals surface area contributed by atoms with E-state index in [4.69, 9.17) is 10.6 Å². The molecule has 4 rings (SSSR count). The monoisotopic (exact) mass is 350 g/mol. The lowest BCUT2D eigenvalue weighted by molar-refractivity contribution is -0.140. The van der Waals surface area contributed by atoms with Crippen LogP contribution in [-0.2, 0) is 4.79 Å². The number of carbonyl (C=O) groups is 1. The number of nitrogens with two attached hydrogens (primary N) is 1. The smallest absolute Gasteiger partial charge is 0.330 e. The van der Waals surface area contributed by atoms with E-state index in [0.717, 1.165) is 5.69 Å². The number of aromatic nitrogens is 7. The zero-order valence-corrected chi connectivity index (χ0v) is 14.0. The number of anilines is 1. The van der Waals surface area contributed by atoms with Crippen LogP contribution in [-0.4, -0.2) is 40.6 Å². The van der Waals surface area contributed by atoms with Gasteiger partial charge in [0.1, 0.15) is 11.3 Å². The molecule has 4 aromatic rings. The fourth-order valence-electron chi connectivity index (χ4n) is 2.48. The molecule has 0 aromatic carbocycles. The maximum atomic E-state index is 11.6. The summed E-state index contributed by atoms with van der Waals surface area (Å²) in [6, 6.07) is 6.93. The molecule has 4 aromatic heterocycles. The summed E-state index contributed by atoms with van der Waals surface area (Å²) in [5.41, 5.74) is 8.10. The molecular weight excluding hydrogens is 336 g/mol. The van der Waals surface area contributed by atoms with Crippen LogP contribution in [0.5, 0.6) is 0 Å². The van der Waals surface area contributed by atoms with Gasteiger partial charge in [-0.1, -0.05) is 0 Å².